The molecule has 0 saturated heterocycles. The molecule has 5 nitrogen and oxygen atoms in total. The molecular weight excluding hydrogens is 384 g/mol. The van der Waals surface area contributed by atoms with Gasteiger partial charge in [0.2, 0.25) is 5.91 Å². The topological polar surface area (TPSA) is 70.5 Å². The van der Waals surface area contributed by atoms with Crippen molar-refractivity contribution in [2.75, 3.05) is 11.4 Å². The van der Waals surface area contributed by atoms with Crippen molar-refractivity contribution in [1.82, 2.24) is 4.98 Å². The number of hydrogen-bond donors (Lipinski definition) is 1. The van der Waals surface area contributed by atoms with Crippen molar-refractivity contribution >= 4 is 28.3 Å². The van der Waals surface area contributed by atoms with E-state index in [1.165, 1.54) is 24.2 Å². The molecule has 1 aromatic heterocycles. The molecule has 1 amide bonds. The number of thiazole rings is 1. The Morgan fingerprint density at radius 1 is 1.17 bits per heavy atom. The van der Waals surface area contributed by atoms with Gasteiger partial charge in [-0.1, -0.05) is 68.2 Å². The maximum Gasteiger partial charge on any atom is 0.304 e. The van der Waals surface area contributed by atoms with E-state index >= 15 is 0 Å². The van der Waals surface area contributed by atoms with E-state index < -0.39 is 11.9 Å². The van der Waals surface area contributed by atoms with Gasteiger partial charge in [0, 0.05) is 17.5 Å². The molecule has 2 aliphatic rings. The second kappa shape index (κ2) is 8.91. The van der Waals surface area contributed by atoms with Crippen molar-refractivity contribution in [2.45, 2.75) is 38.5 Å². The number of carbonyl (C=O) groups is 2. The number of benzene rings is 1. The van der Waals surface area contributed by atoms with Gasteiger partial charge in [-0.15, -0.1) is 11.3 Å². The summed E-state index contributed by atoms with van der Waals surface area (Å²) in [7, 11) is 0. The molecule has 29 heavy (non-hydrogen) atoms. The maximum atomic E-state index is 13.5. The molecule has 4 rings (SSSR count). The molecule has 1 aliphatic carbocycles. The highest BCUT2D eigenvalue weighted by Gasteiger charge is 2.39. The van der Waals surface area contributed by atoms with Crippen LogP contribution in [0.1, 0.15) is 38.5 Å². The fourth-order valence-electron chi connectivity index (χ4n) is 4.71. The van der Waals surface area contributed by atoms with Gasteiger partial charge in [0.15, 0.2) is 5.13 Å². The fraction of sp³-hybridized carbons (Fsp3) is 0.435. The van der Waals surface area contributed by atoms with Crippen LogP contribution in [0.5, 0.6) is 0 Å². The zero-order valence-electron chi connectivity index (χ0n) is 16.4. The fourth-order valence-corrected chi connectivity index (χ4v) is 5.55. The van der Waals surface area contributed by atoms with Crippen molar-refractivity contribution in [3.8, 4) is 11.3 Å². The summed E-state index contributed by atoms with van der Waals surface area (Å²) >= 11 is 1.44. The molecular formula is C23H26N2O3S. The third kappa shape index (κ3) is 4.42. The van der Waals surface area contributed by atoms with Crippen LogP contribution in [0.25, 0.3) is 11.3 Å². The van der Waals surface area contributed by atoms with E-state index in [2.05, 4.69) is 6.08 Å². The quantitative estimate of drug-likeness (QED) is 0.704. The number of nitrogens with zero attached hydrogens (tertiary/aromatic N) is 2. The average Bonchev–Trinajstić information content (AvgIpc) is 3.41. The first-order valence-corrected chi connectivity index (χ1v) is 11.2. The zero-order valence-corrected chi connectivity index (χ0v) is 17.2. The SMILES string of the molecule is O=C(O)C[C@@H]1C(=O)N(c2nc(-c3ccccc3)cs2)CC=CC[C@H]1C1CCCC1. The van der Waals surface area contributed by atoms with E-state index in [0.29, 0.717) is 17.6 Å². The molecule has 0 spiro atoms. The molecule has 1 aliphatic heterocycles. The molecule has 1 aromatic carbocycles. The lowest BCUT2D eigenvalue weighted by molar-refractivity contribution is -0.142. The summed E-state index contributed by atoms with van der Waals surface area (Å²) in [5.41, 5.74) is 1.85. The minimum absolute atomic E-state index is 0.0914. The summed E-state index contributed by atoms with van der Waals surface area (Å²) in [6.45, 7) is 0.439. The average molecular weight is 411 g/mol. The van der Waals surface area contributed by atoms with Gasteiger partial charge in [-0.05, 0) is 18.3 Å². The Morgan fingerprint density at radius 3 is 2.66 bits per heavy atom. The third-order valence-electron chi connectivity index (χ3n) is 6.16. The first kappa shape index (κ1) is 19.8. The molecule has 1 N–H and O–H groups in total. The number of rotatable bonds is 5. The normalized spacial score (nSPS) is 23.2. The number of allylic oxidation sites excluding steroid dienone is 1. The largest absolute Gasteiger partial charge is 0.481 e. The van der Waals surface area contributed by atoms with Crippen molar-refractivity contribution in [2.24, 2.45) is 17.8 Å². The minimum Gasteiger partial charge on any atom is -0.481 e. The summed E-state index contributed by atoms with van der Waals surface area (Å²) in [5, 5.41) is 12.1. The Morgan fingerprint density at radius 2 is 1.93 bits per heavy atom. The number of carboxylic acid groups (broad SMARTS) is 1. The van der Waals surface area contributed by atoms with Crippen LogP contribution in [0.2, 0.25) is 0 Å². The Kier molecular flexibility index (Phi) is 6.09. The van der Waals surface area contributed by atoms with Crippen LogP contribution < -0.4 is 4.90 Å². The zero-order chi connectivity index (χ0) is 20.2. The minimum atomic E-state index is -0.903. The van der Waals surface area contributed by atoms with Crippen LogP contribution in [-0.2, 0) is 9.59 Å². The van der Waals surface area contributed by atoms with Gasteiger partial charge in [0.05, 0.1) is 18.0 Å². The molecule has 1 fully saturated rings. The van der Waals surface area contributed by atoms with Gasteiger partial charge in [-0.25, -0.2) is 4.98 Å². The van der Waals surface area contributed by atoms with E-state index in [0.717, 1.165) is 30.5 Å². The van der Waals surface area contributed by atoms with Crippen LogP contribution in [-0.4, -0.2) is 28.5 Å². The van der Waals surface area contributed by atoms with Crippen LogP contribution in [0.3, 0.4) is 0 Å². The summed E-state index contributed by atoms with van der Waals surface area (Å²) in [5.74, 6) is -0.968. The molecule has 1 saturated carbocycles. The molecule has 6 heteroatoms. The maximum absolute atomic E-state index is 13.5. The lowest BCUT2D eigenvalue weighted by Crippen LogP contribution is -2.43. The number of hydrogen-bond acceptors (Lipinski definition) is 4. The second-order valence-corrected chi connectivity index (χ2v) is 8.79. The highest BCUT2D eigenvalue weighted by molar-refractivity contribution is 7.14. The van der Waals surface area contributed by atoms with Gasteiger partial charge in [0.1, 0.15) is 0 Å². The number of aromatic nitrogens is 1. The number of anilines is 1. The summed E-state index contributed by atoms with van der Waals surface area (Å²) in [4.78, 5) is 31.5. The van der Waals surface area contributed by atoms with Gasteiger partial charge in [0.25, 0.3) is 0 Å². The van der Waals surface area contributed by atoms with Crippen molar-refractivity contribution in [3.05, 3.63) is 47.9 Å². The first-order chi connectivity index (χ1) is 14.1. The highest BCUT2D eigenvalue weighted by Crippen LogP contribution is 2.41. The lowest BCUT2D eigenvalue weighted by Gasteiger charge is -2.34. The van der Waals surface area contributed by atoms with E-state index in [9.17, 15) is 14.7 Å². The van der Waals surface area contributed by atoms with Crippen molar-refractivity contribution in [1.29, 1.82) is 0 Å². The predicted molar refractivity (Wildman–Crippen MR) is 115 cm³/mol. The summed E-state index contributed by atoms with van der Waals surface area (Å²) in [6.07, 6.45) is 9.37. The molecule has 0 radical (unpaired) electrons. The van der Waals surface area contributed by atoms with Crippen LogP contribution in [0.15, 0.2) is 47.9 Å². The van der Waals surface area contributed by atoms with Gasteiger partial charge in [-0.3, -0.25) is 14.5 Å². The molecule has 0 bridgehead atoms. The smallest absolute Gasteiger partial charge is 0.304 e. The number of carbonyl (C=O) groups excluding carboxylic acids is 1. The van der Waals surface area contributed by atoms with E-state index in [1.54, 1.807) is 4.90 Å². The van der Waals surface area contributed by atoms with Crippen molar-refractivity contribution in [3.63, 3.8) is 0 Å². The molecule has 2 heterocycles. The number of carboxylic acids is 1. The molecule has 152 valence electrons. The Bertz CT molecular complexity index is 887. The second-order valence-electron chi connectivity index (χ2n) is 7.95. The predicted octanol–water partition coefficient (Wildman–Crippen LogP) is 5.00. The summed E-state index contributed by atoms with van der Waals surface area (Å²) < 4.78 is 0. The van der Waals surface area contributed by atoms with E-state index in [1.807, 2.05) is 41.8 Å². The monoisotopic (exact) mass is 410 g/mol. The Hall–Kier alpha value is -2.47. The van der Waals surface area contributed by atoms with Gasteiger partial charge < -0.3 is 5.11 Å². The third-order valence-corrected chi connectivity index (χ3v) is 7.02. The Labute approximate surface area is 175 Å². The van der Waals surface area contributed by atoms with Crippen molar-refractivity contribution < 1.29 is 14.7 Å². The number of aliphatic carboxylic acids is 1. The molecule has 2 atom stereocenters. The lowest BCUT2D eigenvalue weighted by atomic mass is 9.75. The van der Waals surface area contributed by atoms with Gasteiger partial charge >= 0.3 is 5.97 Å². The Balaban J connectivity index is 1.64. The van der Waals surface area contributed by atoms with Gasteiger partial charge in [-0.2, -0.15) is 0 Å². The van der Waals surface area contributed by atoms with Crippen LogP contribution in [0, 0.1) is 17.8 Å². The van der Waals surface area contributed by atoms with E-state index in [4.69, 9.17) is 4.98 Å². The summed E-state index contributed by atoms with van der Waals surface area (Å²) in [6, 6.07) is 9.89. The van der Waals surface area contributed by atoms with Crippen LogP contribution in [0.4, 0.5) is 5.13 Å². The number of amides is 1. The van der Waals surface area contributed by atoms with Crippen LogP contribution >= 0.6 is 11.3 Å². The molecule has 0 unspecified atom stereocenters. The highest BCUT2D eigenvalue weighted by atomic mass is 32.1. The first-order valence-electron chi connectivity index (χ1n) is 10.3. The standard InChI is InChI=1S/C23H26N2O3S/c26-21(27)14-19-18(16-8-4-5-9-16)12-6-7-13-25(22(19)28)23-24-20(15-29-23)17-10-2-1-3-11-17/h1-3,6-7,10-11,15-16,18-19H,4-5,8-9,12-14H2,(H,26,27)/t18-,19-/m0/s1. The van der Waals surface area contributed by atoms with E-state index in [-0.39, 0.29) is 18.2 Å². The molecule has 2 aromatic rings.